The standard InChI is InChI=1S/C14H16Br2N2/c15-11-6-4-8-13-10(11)9-17-18(13)14-7-3-1-2-5-12(14)16/h4,6,8-9,12,14H,1-3,5,7H2. The molecule has 0 N–H and O–H groups in total. The number of fused-ring (bicyclic) bond motifs is 1. The number of hydrogen-bond donors (Lipinski definition) is 0. The van der Waals surface area contributed by atoms with Crippen molar-refractivity contribution in [1.82, 2.24) is 9.78 Å². The molecule has 0 amide bonds. The first kappa shape index (κ1) is 12.7. The Morgan fingerprint density at radius 3 is 2.89 bits per heavy atom. The smallest absolute Gasteiger partial charge is 0.0697 e. The maximum atomic E-state index is 4.63. The third-order valence-electron chi connectivity index (χ3n) is 3.80. The number of benzene rings is 1. The minimum atomic E-state index is 0.485. The van der Waals surface area contributed by atoms with Crippen molar-refractivity contribution in [1.29, 1.82) is 0 Å². The number of alkyl halides is 1. The average molecular weight is 372 g/mol. The van der Waals surface area contributed by atoms with Crippen molar-refractivity contribution in [3.05, 3.63) is 28.9 Å². The molecule has 96 valence electrons. The second-order valence-electron chi connectivity index (χ2n) is 4.98. The van der Waals surface area contributed by atoms with E-state index in [0.717, 1.165) is 4.47 Å². The van der Waals surface area contributed by atoms with E-state index in [0.29, 0.717) is 10.9 Å². The average Bonchev–Trinajstić information content (AvgIpc) is 2.68. The first-order valence-electron chi connectivity index (χ1n) is 6.53. The fraction of sp³-hybridized carbons (Fsp3) is 0.500. The maximum Gasteiger partial charge on any atom is 0.0697 e. The normalized spacial score (nSPS) is 25.2. The van der Waals surface area contributed by atoms with Gasteiger partial charge in [0.05, 0.1) is 17.8 Å². The second-order valence-corrected chi connectivity index (χ2v) is 7.01. The van der Waals surface area contributed by atoms with Crippen LogP contribution in [0.1, 0.15) is 38.1 Å². The zero-order valence-corrected chi connectivity index (χ0v) is 13.3. The van der Waals surface area contributed by atoms with Crippen LogP contribution in [0.3, 0.4) is 0 Å². The number of nitrogens with zero attached hydrogens (tertiary/aromatic N) is 2. The Hall–Kier alpha value is -0.350. The summed E-state index contributed by atoms with van der Waals surface area (Å²) in [4.78, 5) is 0.544. The molecule has 1 fully saturated rings. The molecule has 18 heavy (non-hydrogen) atoms. The molecule has 0 bridgehead atoms. The lowest BCUT2D eigenvalue weighted by Gasteiger charge is -2.21. The van der Waals surface area contributed by atoms with E-state index < -0.39 is 0 Å². The van der Waals surface area contributed by atoms with Gasteiger partial charge in [0.2, 0.25) is 0 Å². The van der Waals surface area contributed by atoms with Crippen molar-refractivity contribution < 1.29 is 0 Å². The summed E-state index contributed by atoms with van der Waals surface area (Å²) in [5.41, 5.74) is 1.24. The number of rotatable bonds is 1. The molecule has 1 aliphatic rings. The highest BCUT2D eigenvalue weighted by Gasteiger charge is 2.24. The molecule has 1 saturated carbocycles. The molecule has 0 spiro atoms. The van der Waals surface area contributed by atoms with Crippen molar-refractivity contribution in [2.75, 3.05) is 0 Å². The molecule has 2 atom stereocenters. The highest BCUT2D eigenvalue weighted by Crippen LogP contribution is 2.35. The van der Waals surface area contributed by atoms with Gasteiger partial charge in [-0.3, -0.25) is 4.68 Å². The van der Waals surface area contributed by atoms with Gasteiger partial charge in [-0.25, -0.2) is 0 Å². The molecule has 0 radical (unpaired) electrons. The van der Waals surface area contributed by atoms with E-state index in [-0.39, 0.29) is 0 Å². The summed E-state index contributed by atoms with van der Waals surface area (Å²) in [6, 6.07) is 6.81. The van der Waals surface area contributed by atoms with Crippen LogP contribution in [0.2, 0.25) is 0 Å². The molecule has 2 nitrogen and oxygen atoms in total. The molecule has 2 aromatic rings. The Bertz CT molecular complexity index is 550. The minimum Gasteiger partial charge on any atom is -0.261 e. The lowest BCUT2D eigenvalue weighted by atomic mass is 10.1. The van der Waals surface area contributed by atoms with Gasteiger partial charge < -0.3 is 0 Å². The quantitative estimate of drug-likeness (QED) is 0.505. The van der Waals surface area contributed by atoms with Crippen LogP contribution in [0.4, 0.5) is 0 Å². The van der Waals surface area contributed by atoms with E-state index in [1.54, 1.807) is 0 Å². The monoisotopic (exact) mass is 370 g/mol. The highest BCUT2D eigenvalue weighted by atomic mass is 79.9. The zero-order chi connectivity index (χ0) is 12.5. The maximum absolute atomic E-state index is 4.63. The molecule has 1 aromatic heterocycles. The summed E-state index contributed by atoms with van der Waals surface area (Å²) in [6.07, 6.45) is 8.43. The van der Waals surface area contributed by atoms with E-state index >= 15 is 0 Å². The van der Waals surface area contributed by atoms with E-state index in [9.17, 15) is 0 Å². The summed E-state index contributed by atoms with van der Waals surface area (Å²) in [7, 11) is 0. The van der Waals surface area contributed by atoms with Crippen LogP contribution >= 0.6 is 31.9 Å². The van der Waals surface area contributed by atoms with E-state index in [2.05, 4.69) is 59.8 Å². The minimum absolute atomic E-state index is 0.485. The summed E-state index contributed by atoms with van der Waals surface area (Å²) in [5, 5.41) is 5.84. The second kappa shape index (κ2) is 5.33. The molecule has 1 aliphatic carbocycles. The van der Waals surface area contributed by atoms with Gasteiger partial charge >= 0.3 is 0 Å². The summed E-state index contributed by atoms with van der Waals surface area (Å²) in [6.45, 7) is 0. The largest absolute Gasteiger partial charge is 0.261 e. The van der Waals surface area contributed by atoms with E-state index in [1.165, 1.54) is 43.0 Å². The lowest BCUT2D eigenvalue weighted by molar-refractivity contribution is 0.431. The van der Waals surface area contributed by atoms with Crippen LogP contribution in [0, 0.1) is 0 Å². The van der Waals surface area contributed by atoms with Crippen LogP contribution < -0.4 is 0 Å². The van der Waals surface area contributed by atoms with E-state index in [1.807, 2.05) is 6.20 Å². The molecular weight excluding hydrogens is 356 g/mol. The van der Waals surface area contributed by atoms with Crippen LogP contribution in [-0.4, -0.2) is 14.6 Å². The van der Waals surface area contributed by atoms with Gasteiger partial charge in [0.25, 0.3) is 0 Å². The number of halogens is 2. The molecule has 1 heterocycles. The zero-order valence-electron chi connectivity index (χ0n) is 10.1. The third kappa shape index (κ3) is 2.25. The Morgan fingerprint density at radius 1 is 1.17 bits per heavy atom. The molecule has 2 unspecified atom stereocenters. The van der Waals surface area contributed by atoms with Gasteiger partial charge in [-0.15, -0.1) is 0 Å². The Labute approximate surface area is 124 Å². The Balaban J connectivity index is 2.05. The van der Waals surface area contributed by atoms with Crippen molar-refractivity contribution >= 4 is 42.8 Å². The first-order valence-corrected chi connectivity index (χ1v) is 8.24. The SMILES string of the molecule is Brc1cccc2c1cnn2C1CCCCCC1Br. The number of aromatic nitrogens is 2. The summed E-state index contributed by atoms with van der Waals surface area (Å²) >= 11 is 7.46. The number of hydrogen-bond acceptors (Lipinski definition) is 1. The van der Waals surface area contributed by atoms with Gasteiger partial charge in [0.1, 0.15) is 0 Å². The van der Waals surface area contributed by atoms with Gasteiger partial charge in [-0.05, 0) is 25.0 Å². The predicted molar refractivity (Wildman–Crippen MR) is 82.3 cm³/mol. The van der Waals surface area contributed by atoms with Crippen LogP contribution in [0.5, 0.6) is 0 Å². The molecule has 1 aromatic carbocycles. The molecule has 0 saturated heterocycles. The molecule has 3 rings (SSSR count). The first-order chi connectivity index (χ1) is 8.77. The highest BCUT2D eigenvalue weighted by molar-refractivity contribution is 9.10. The van der Waals surface area contributed by atoms with Crippen molar-refractivity contribution in [3.8, 4) is 0 Å². The summed E-state index contributed by atoms with van der Waals surface area (Å²) in [5.74, 6) is 0. The topological polar surface area (TPSA) is 17.8 Å². The van der Waals surface area contributed by atoms with Crippen molar-refractivity contribution in [2.24, 2.45) is 0 Å². The molecule has 4 heteroatoms. The molecular formula is C14H16Br2N2. The molecule has 0 aliphatic heterocycles. The third-order valence-corrected chi connectivity index (χ3v) is 5.56. The van der Waals surface area contributed by atoms with Crippen LogP contribution in [0.15, 0.2) is 28.9 Å². The Kier molecular flexibility index (Phi) is 3.76. The fourth-order valence-electron chi connectivity index (χ4n) is 2.82. The lowest BCUT2D eigenvalue weighted by Crippen LogP contribution is -2.19. The van der Waals surface area contributed by atoms with Gasteiger partial charge in [0, 0.05) is 14.7 Å². The van der Waals surface area contributed by atoms with Gasteiger partial charge in [-0.2, -0.15) is 5.10 Å². The van der Waals surface area contributed by atoms with Crippen molar-refractivity contribution in [3.63, 3.8) is 0 Å². The van der Waals surface area contributed by atoms with Crippen molar-refractivity contribution in [2.45, 2.75) is 43.0 Å². The van der Waals surface area contributed by atoms with Crippen LogP contribution in [0.25, 0.3) is 10.9 Å². The fourth-order valence-corrected chi connectivity index (χ4v) is 4.09. The van der Waals surface area contributed by atoms with Gasteiger partial charge in [-0.1, -0.05) is 57.2 Å². The predicted octanol–water partition coefficient (Wildman–Crippen LogP) is 5.07. The van der Waals surface area contributed by atoms with Gasteiger partial charge in [0.15, 0.2) is 0 Å². The van der Waals surface area contributed by atoms with Crippen LogP contribution in [-0.2, 0) is 0 Å². The van der Waals surface area contributed by atoms with E-state index in [4.69, 9.17) is 0 Å². The Morgan fingerprint density at radius 2 is 2.00 bits per heavy atom. The summed E-state index contributed by atoms with van der Waals surface area (Å²) < 4.78 is 3.34.